The van der Waals surface area contributed by atoms with Crippen LogP contribution in [0.3, 0.4) is 0 Å². The Kier molecular flexibility index (Phi) is 6.48. The van der Waals surface area contributed by atoms with Crippen LogP contribution in [0.25, 0.3) is 5.57 Å². The first-order valence-corrected chi connectivity index (χ1v) is 6.47. The van der Waals surface area contributed by atoms with E-state index in [0.717, 1.165) is 23.1 Å². The van der Waals surface area contributed by atoms with E-state index < -0.39 is 0 Å². The molecule has 0 bridgehead atoms. The van der Waals surface area contributed by atoms with Gasteiger partial charge in [-0.3, -0.25) is 0 Å². The van der Waals surface area contributed by atoms with Crippen LogP contribution in [-0.4, -0.2) is 26.8 Å². The number of benzene rings is 1. The van der Waals surface area contributed by atoms with Crippen LogP contribution in [0.5, 0.6) is 0 Å². The lowest BCUT2D eigenvalue weighted by Gasteiger charge is -2.10. The molecular formula is C16H19NO3. The molecule has 0 heterocycles. The fourth-order valence-electron chi connectivity index (χ4n) is 1.94. The van der Waals surface area contributed by atoms with Gasteiger partial charge in [-0.15, -0.1) is 0 Å². The van der Waals surface area contributed by atoms with Gasteiger partial charge in [-0.1, -0.05) is 25.5 Å². The quantitative estimate of drug-likeness (QED) is 0.590. The molecule has 0 aromatic heterocycles. The van der Waals surface area contributed by atoms with E-state index in [-0.39, 0.29) is 5.97 Å². The average molecular weight is 273 g/mol. The minimum absolute atomic E-state index is 0.372. The number of hydrogen-bond acceptors (Lipinski definition) is 4. The molecule has 0 saturated carbocycles. The van der Waals surface area contributed by atoms with Crippen LogP contribution in [0.15, 0.2) is 29.8 Å². The molecule has 106 valence electrons. The van der Waals surface area contributed by atoms with Gasteiger partial charge in [-0.2, -0.15) is 5.26 Å². The maximum Gasteiger partial charge on any atom is 0.337 e. The largest absolute Gasteiger partial charge is 0.465 e. The Balaban J connectivity index is 3.16. The van der Waals surface area contributed by atoms with Crippen LogP contribution in [0.2, 0.25) is 0 Å². The second-order valence-electron chi connectivity index (χ2n) is 4.32. The van der Waals surface area contributed by atoms with Crippen LogP contribution in [-0.2, 0) is 9.47 Å². The van der Waals surface area contributed by atoms with Crippen LogP contribution in [0.1, 0.15) is 35.7 Å². The summed E-state index contributed by atoms with van der Waals surface area (Å²) in [7, 11) is 2.95. The van der Waals surface area contributed by atoms with Crippen molar-refractivity contribution in [3.8, 4) is 6.07 Å². The van der Waals surface area contributed by atoms with Crippen molar-refractivity contribution in [1.82, 2.24) is 0 Å². The minimum atomic E-state index is -0.372. The average Bonchev–Trinajstić information content (AvgIpc) is 2.50. The van der Waals surface area contributed by atoms with E-state index in [2.05, 4.69) is 10.8 Å². The zero-order valence-corrected chi connectivity index (χ0v) is 12.1. The highest BCUT2D eigenvalue weighted by Gasteiger charge is 2.11. The highest BCUT2D eigenvalue weighted by atomic mass is 16.5. The molecule has 0 N–H and O–H groups in total. The summed E-state index contributed by atoms with van der Waals surface area (Å²) in [6.45, 7) is 2.41. The number of hydrogen-bond donors (Lipinski definition) is 0. The van der Waals surface area contributed by atoms with Gasteiger partial charge in [0.1, 0.15) is 0 Å². The van der Waals surface area contributed by atoms with E-state index >= 15 is 0 Å². The van der Waals surface area contributed by atoms with Gasteiger partial charge >= 0.3 is 5.97 Å². The number of esters is 1. The number of nitrogens with zero attached hydrogens (tertiary/aromatic N) is 1. The Bertz CT molecular complexity index is 524. The summed E-state index contributed by atoms with van der Waals surface area (Å²) < 4.78 is 9.85. The number of nitriles is 1. The van der Waals surface area contributed by atoms with Crippen molar-refractivity contribution >= 4 is 11.5 Å². The zero-order chi connectivity index (χ0) is 15.0. The molecule has 4 heteroatoms. The number of carbonyl (C=O) groups is 1. The lowest BCUT2D eigenvalue weighted by Crippen LogP contribution is -2.02. The van der Waals surface area contributed by atoms with Gasteiger partial charge in [-0.05, 0) is 29.7 Å². The molecule has 1 aromatic rings. The first kappa shape index (κ1) is 15.9. The van der Waals surface area contributed by atoms with Gasteiger partial charge < -0.3 is 9.47 Å². The molecule has 0 fully saturated rings. The van der Waals surface area contributed by atoms with Crippen LogP contribution < -0.4 is 0 Å². The zero-order valence-electron chi connectivity index (χ0n) is 12.1. The standard InChI is InChI=1S/C16H19NO3/c1-4-5-14(10-17)15(11-19-2)12-6-8-13(9-7-12)16(18)20-3/h6-9H,4-5,11H2,1-3H3/b15-14+. The molecule has 0 aliphatic rings. The van der Waals surface area contributed by atoms with Gasteiger partial charge in [0, 0.05) is 12.7 Å². The lowest BCUT2D eigenvalue weighted by molar-refractivity contribution is 0.0600. The van der Waals surface area contributed by atoms with Crippen molar-refractivity contribution in [3.05, 3.63) is 41.0 Å². The van der Waals surface area contributed by atoms with Crippen LogP contribution in [0.4, 0.5) is 0 Å². The Morgan fingerprint density at radius 2 is 1.80 bits per heavy atom. The molecule has 0 spiro atoms. The van der Waals surface area contributed by atoms with Crippen molar-refractivity contribution in [2.45, 2.75) is 19.8 Å². The maximum absolute atomic E-state index is 11.4. The number of ether oxygens (including phenoxy) is 2. The van der Waals surface area contributed by atoms with E-state index in [1.165, 1.54) is 7.11 Å². The summed E-state index contributed by atoms with van der Waals surface area (Å²) in [6, 6.07) is 9.25. The topological polar surface area (TPSA) is 59.3 Å². The first-order valence-electron chi connectivity index (χ1n) is 6.47. The molecule has 0 aliphatic heterocycles. The molecule has 0 amide bonds. The predicted octanol–water partition coefficient (Wildman–Crippen LogP) is 3.20. The normalized spacial score (nSPS) is 11.5. The minimum Gasteiger partial charge on any atom is -0.465 e. The lowest BCUT2D eigenvalue weighted by atomic mass is 9.97. The Labute approximate surface area is 119 Å². The van der Waals surface area contributed by atoms with E-state index in [0.29, 0.717) is 18.6 Å². The van der Waals surface area contributed by atoms with E-state index in [4.69, 9.17) is 4.74 Å². The Morgan fingerprint density at radius 3 is 2.25 bits per heavy atom. The van der Waals surface area contributed by atoms with Gasteiger partial charge in [0.05, 0.1) is 25.3 Å². The molecule has 0 radical (unpaired) electrons. The summed E-state index contributed by atoms with van der Waals surface area (Å²) in [5, 5.41) is 9.26. The van der Waals surface area contributed by atoms with Gasteiger partial charge in [0.25, 0.3) is 0 Å². The third-order valence-electron chi connectivity index (χ3n) is 2.94. The van der Waals surface area contributed by atoms with Gasteiger partial charge in [-0.25, -0.2) is 4.79 Å². The molecule has 0 saturated heterocycles. The number of methoxy groups -OCH3 is 2. The second kappa shape index (κ2) is 8.13. The van der Waals surface area contributed by atoms with Crippen molar-refractivity contribution in [1.29, 1.82) is 5.26 Å². The smallest absolute Gasteiger partial charge is 0.337 e. The maximum atomic E-state index is 11.4. The molecule has 20 heavy (non-hydrogen) atoms. The van der Waals surface area contributed by atoms with Crippen LogP contribution >= 0.6 is 0 Å². The van der Waals surface area contributed by atoms with E-state index in [1.807, 2.05) is 19.1 Å². The van der Waals surface area contributed by atoms with Crippen molar-refractivity contribution in [3.63, 3.8) is 0 Å². The molecule has 0 atom stereocenters. The monoisotopic (exact) mass is 273 g/mol. The Hall–Kier alpha value is -2.12. The number of rotatable bonds is 6. The molecule has 1 aromatic carbocycles. The highest BCUT2D eigenvalue weighted by Crippen LogP contribution is 2.22. The number of allylic oxidation sites excluding steroid dienone is 1. The molecule has 0 aliphatic carbocycles. The third-order valence-corrected chi connectivity index (χ3v) is 2.94. The molecule has 1 rings (SSSR count). The predicted molar refractivity (Wildman–Crippen MR) is 77.1 cm³/mol. The van der Waals surface area contributed by atoms with Gasteiger partial charge in [0.15, 0.2) is 0 Å². The second-order valence-corrected chi connectivity index (χ2v) is 4.32. The Morgan fingerprint density at radius 1 is 1.20 bits per heavy atom. The highest BCUT2D eigenvalue weighted by molar-refractivity contribution is 5.89. The SMILES string of the molecule is CCC/C(C#N)=C(/COC)c1ccc(C(=O)OC)cc1. The van der Waals surface area contributed by atoms with Crippen molar-refractivity contribution in [2.24, 2.45) is 0 Å². The number of carbonyl (C=O) groups excluding carboxylic acids is 1. The fourth-order valence-corrected chi connectivity index (χ4v) is 1.94. The van der Waals surface area contributed by atoms with E-state index in [9.17, 15) is 10.1 Å². The third kappa shape index (κ3) is 3.94. The summed E-state index contributed by atoms with van der Waals surface area (Å²) >= 11 is 0. The van der Waals surface area contributed by atoms with E-state index in [1.54, 1.807) is 19.2 Å². The summed E-state index contributed by atoms with van der Waals surface area (Å²) in [4.78, 5) is 11.4. The molecular weight excluding hydrogens is 254 g/mol. The molecule has 0 unspecified atom stereocenters. The van der Waals surface area contributed by atoms with Gasteiger partial charge in [0.2, 0.25) is 0 Å². The van der Waals surface area contributed by atoms with Crippen LogP contribution in [0, 0.1) is 11.3 Å². The molecule has 4 nitrogen and oxygen atoms in total. The van der Waals surface area contributed by atoms with Crippen molar-refractivity contribution in [2.75, 3.05) is 20.8 Å². The summed E-state index contributed by atoms with van der Waals surface area (Å²) in [5.74, 6) is -0.372. The summed E-state index contributed by atoms with van der Waals surface area (Å²) in [6.07, 6.45) is 1.62. The fraction of sp³-hybridized carbons (Fsp3) is 0.375. The van der Waals surface area contributed by atoms with Crippen molar-refractivity contribution < 1.29 is 14.3 Å². The summed E-state index contributed by atoms with van der Waals surface area (Å²) in [5.41, 5.74) is 2.97. The first-order chi connectivity index (χ1) is 9.67.